The summed E-state index contributed by atoms with van der Waals surface area (Å²) < 4.78 is 5.14. The zero-order chi connectivity index (χ0) is 11.0. The second-order valence-corrected chi connectivity index (χ2v) is 3.71. The van der Waals surface area contributed by atoms with Gasteiger partial charge in [-0.1, -0.05) is 13.3 Å². The molecular weight excluding hydrogens is 180 g/mol. The summed E-state index contributed by atoms with van der Waals surface area (Å²) in [7, 11) is 0. The van der Waals surface area contributed by atoms with Crippen molar-refractivity contribution in [3.63, 3.8) is 0 Å². The Morgan fingerprint density at radius 3 is 2.64 bits per heavy atom. The highest BCUT2D eigenvalue weighted by Crippen LogP contribution is 1.91. The second-order valence-electron chi connectivity index (χ2n) is 3.71. The van der Waals surface area contributed by atoms with Crippen LogP contribution in [0.25, 0.3) is 0 Å². The standard InChI is InChI=1S/C10H22N2O2/c1-4-5-9(11)6-12-10(13)7-14-8(2)3/h8-9H,4-7,11H2,1-3H3,(H,12,13). The average molecular weight is 202 g/mol. The molecule has 14 heavy (non-hydrogen) atoms. The van der Waals surface area contributed by atoms with E-state index in [1.54, 1.807) is 0 Å². The Morgan fingerprint density at radius 2 is 2.14 bits per heavy atom. The van der Waals surface area contributed by atoms with Gasteiger partial charge in [-0.15, -0.1) is 0 Å². The van der Waals surface area contributed by atoms with E-state index in [0.717, 1.165) is 12.8 Å². The molecule has 0 radical (unpaired) electrons. The molecule has 1 amide bonds. The predicted molar refractivity (Wildman–Crippen MR) is 57.0 cm³/mol. The van der Waals surface area contributed by atoms with Gasteiger partial charge in [0.15, 0.2) is 0 Å². The quantitative estimate of drug-likeness (QED) is 0.637. The van der Waals surface area contributed by atoms with Crippen LogP contribution in [0.2, 0.25) is 0 Å². The summed E-state index contributed by atoms with van der Waals surface area (Å²) in [6.07, 6.45) is 2.07. The summed E-state index contributed by atoms with van der Waals surface area (Å²) in [6.45, 7) is 6.53. The van der Waals surface area contributed by atoms with E-state index in [2.05, 4.69) is 12.2 Å². The van der Waals surface area contributed by atoms with Gasteiger partial charge >= 0.3 is 0 Å². The first kappa shape index (κ1) is 13.4. The Hall–Kier alpha value is -0.610. The number of carbonyl (C=O) groups is 1. The van der Waals surface area contributed by atoms with Crippen LogP contribution in [-0.4, -0.2) is 31.2 Å². The van der Waals surface area contributed by atoms with Crippen LogP contribution in [0.1, 0.15) is 33.6 Å². The highest BCUT2D eigenvalue weighted by molar-refractivity contribution is 5.77. The van der Waals surface area contributed by atoms with Crippen molar-refractivity contribution in [1.29, 1.82) is 0 Å². The van der Waals surface area contributed by atoms with Crippen molar-refractivity contribution in [3.8, 4) is 0 Å². The lowest BCUT2D eigenvalue weighted by Gasteiger charge is -2.12. The molecule has 0 aliphatic heterocycles. The zero-order valence-corrected chi connectivity index (χ0v) is 9.38. The highest BCUT2D eigenvalue weighted by Gasteiger charge is 2.05. The first-order valence-corrected chi connectivity index (χ1v) is 5.20. The Bertz CT molecular complexity index is 160. The molecule has 3 N–H and O–H groups in total. The van der Waals surface area contributed by atoms with E-state index in [1.165, 1.54) is 0 Å². The lowest BCUT2D eigenvalue weighted by atomic mass is 10.2. The Labute approximate surface area is 86.2 Å². The fraction of sp³-hybridized carbons (Fsp3) is 0.900. The monoisotopic (exact) mass is 202 g/mol. The third-order valence-electron chi connectivity index (χ3n) is 1.77. The van der Waals surface area contributed by atoms with Gasteiger partial charge in [0.05, 0.1) is 6.10 Å². The summed E-state index contributed by atoms with van der Waals surface area (Å²) in [6, 6.07) is 0.0583. The highest BCUT2D eigenvalue weighted by atomic mass is 16.5. The molecule has 0 aliphatic carbocycles. The topological polar surface area (TPSA) is 64.3 Å². The van der Waals surface area contributed by atoms with E-state index in [1.807, 2.05) is 13.8 Å². The van der Waals surface area contributed by atoms with Crippen molar-refractivity contribution in [2.75, 3.05) is 13.2 Å². The number of nitrogens with one attached hydrogen (secondary N) is 1. The van der Waals surface area contributed by atoms with Gasteiger partial charge in [0, 0.05) is 12.6 Å². The molecule has 0 aromatic heterocycles. The van der Waals surface area contributed by atoms with Crippen LogP contribution in [-0.2, 0) is 9.53 Å². The molecule has 0 heterocycles. The number of carbonyl (C=O) groups excluding carboxylic acids is 1. The molecule has 0 aliphatic rings. The van der Waals surface area contributed by atoms with Gasteiger partial charge in [0.25, 0.3) is 0 Å². The second kappa shape index (κ2) is 7.76. The number of ether oxygens (including phenoxy) is 1. The van der Waals surface area contributed by atoms with Crippen molar-refractivity contribution in [1.82, 2.24) is 5.32 Å². The molecule has 1 atom stereocenters. The number of rotatable bonds is 7. The normalized spacial score (nSPS) is 12.9. The molecular formula is C10H22N2O2. The molecule has 4 heteroatoms. The smallest absolute Gasteiger partial charge is 0.246 e. The first-order chi connectivity index (χ1) is 6.56. The van der Waals surface area contributed by atoms with Crippen LogP contribution in [0, 0.1) is 0 Å². The number of amides is 1. The van der Waals surface area contributed by atoms with Crippen LogP contribution in [0.5, 0.6) is 0 Å². The van der Waals surface area contributed by atoms with E-state index in [4.69, 9.17) is 10.5 Å². The molecule has 0 saturated heterocycles. The summed E-state index contributed by atoms with van der Waals surface area (Å²) >= 11 is 0. The lowest BCUT2D eigenvalue weighted by Crippen LogP contribution is -2.39. The van der Waals surface area contributed by atoms with Crippen molar-refractivity contribution in [2.24, 2.45) is 5.73 Å². The minimum Gasteiger partial charge on any atom is -0.369 e. The Morgan fingerprint density at radius 1 is 1.50 bits per heavy atom. The molecule has 1 unspecified atom stereocenters. The van der Waals surface area contributed by atoms with Gasteiger partial charge in [-0.3, -0.25) is 4.79 Å². The maximum atomic E-state index is 11.2. The van der Waals surface area contributed by atoms with Crippen molar-refractivity contribution < 1.29 is 9.53 Å². The van der Waals surface area contributed by atoms with Gasteiger partial charge in [-0.2, -0.15) is 0 Å². The van der Waals surface area contributed by atoms with Gasteiger partial charge in [-0.25, -0.2) is 0 Å². The predicted octanol–water partition coefficient (Wildman–Crippen LogP) is 0.655. The van der Waals surface area contributed by atoms with Gasteiger partial charge < -0.3 is 15.8 Å². The minimum absolute atomic E-state index is 0.0583. The van der Waals surface area contributed by atoms with Crippen LogP contribution in [0.3, 0.4) is 0 Å². The van der Waals surface area contributed by atoms with Gasteiger partial charge in [0.2, 0.25) is 5.91 Å². The van der Waals surface area contributed by atoms with E-state index >= 15 is 0 Å². The summed E-state index contributed by atoms with van der Waals surface area (Å²) in [5.74, 6) is -0.0924. The molecule has 0 fully saturated rings. The van der Waals surface area contributed by atoms with E-state index in [-0.39, 0.29) is 24.7 Å². The van der Waals surface area contributed by atoms with Gasteiger partial charge in [0.1, 0.15) is 6.61 Å². The molecule has 0 aromatic carbocycles. The average Bonchev–Trinajstić information content (AvgIpc) is 2.12. The Kier molecular flexibility index (Phi) is 7.42. The van der Waals surface area contributed by atoms with Crippen molar-refractivity contribution in [3.05, 3.63) is 0 Å². The molecule has 84 valence electrons. The zero-order valence-electron chi connectivity index (χ0n) is 9.38. The summed E-state index contributed by atoms with van der Waals surface area (Å²) in [5, 5.41) is 2.73. The summed E-state index contributed by atoms with van der Waals surface area (Å²) in [5.41, 5.74) is 5.73. The largest absolute Gasteiger partial charge is 0.369 e. The fourth-order valence-electron chi connectivity index (χ4n) is 1.01. The van der Waals surface area contributed by atoms with Crippen molar-refractivity contribution in [2.45, 2.75) is 45.8 Å². The van der Waals surface area contributed by atoms with E-state index in [0.29, 0.717) is 6.54 Å². The molecule has 0 saturated carbocycles. The van der Waals surface area contributed by atoms with Crippen LogP contribution >= 0.6 is 0 Å². The number of hydrogen-bond donors (Lipinski definition) is 2. The van der Waals surface area contributed by atoms with E-state index < -0.39 is 0 Å². The molecule has 4 nitrogen and oxygen atoms in total. The molecule has 0 rings (SSSR count). The lowest BCUT2D eigenvalue weighted by molar-refractivity contribution is -0.127. The maximum absolute atomic E-state index is 11.2. The SMILES string of the molecule is CCCC(N)CNC(=O)COC(C)C. The molecule has 0 bridgehead atoms. The fourth-order valence-corrected chi connectivity index (χ4v) is 1.01. The summed E-state index contributed by atoms with van der Waals surface area (Å²) in [4.78, 5) is 11.2. The van der Waals surface area contributed by atoms with Crippen molar-refractivity contribution >= 4 is 5.91 Å². The van der Waals surface area contributed by atoms with Gasteiger partial charge in [-0.05, 0) is 20.3 Å². The molecule has 0 spiro atoms. The van der Waals surface area contributed by atoms with Crippen LogP contribution in [0.15, 0.2) is 0 Å². The molecule has 0 aromatic rings. The van der Waals surface area contributed by atoms with Crippen LogP contribution in [0.4, 0.5) is 0 Å². The third-order valence-corrected chi connectivity index (χ3v) is 1.77. The maximum Gasteiger partial charge on any atom is 0.246 e. The van der Waals surface area contributed by atoms with E-state index in [9.17, 15) is 4.79 Å². The third kappa shape index (κ3) is 8.01. The number of nitrogens with two attached hydrogens (primary N) is 1. The Balaban J connectivity index is 3.43. The first-order valence-electron chi connectivity index (χ1n) is 5.20. The minimum atomic E-state index is -0.0924. The van der Waals surface area contributed by atoms with Crippen LogP contribution < -0.4 is 11.1 Å². The number of hydrogen-bond acceptors (Lipinski definition) is 3.